The Labute approximate surface area is 97.2 Å². The van der Waals surface area contributed by atoms with Crippen molar-refractivity contribution in [2.24, 2.45) is 0 Å². The van der Waals surface area contributed by atoms with E-state index in [1.54, 1.807) is 6.07 Å². The Morgan fingerprint density at radius 1 is 1.53 bits per heavy atom. The van der Waals surface area contributed by atoms with E-state index >= 15 is 0 Å². The van der Waals surface area contributed by atoms with E-state index < -0.39 is 0 Å². The van der Waals surface area contributed by atoms with E-state index in [4.69, 9.17) is 17.3 Å². The molecular weight excluding hydrogens is 232 g/mol. The van der Waals surface area contributed by atoms with Gasteiger partial charge in [0.2, 0.25) is 5.95 Å². The normalized spacial score (nSPS) is 28.7. The van der Waals surface area contributed by atoms with Crippen LogP contribution in [-0.4, -0.2) is 33.6 Å². The number of halogens is 1. The fourth-order valence-electron chi connectivity index (χ4n) is 2.25. The number of anilines is 2. The van der Waals surface area contributed by atoms with E-state index in [0.717, 1.165) is 17.6 Å². The summed E-state index contributed by atoms with van der Waals surface area (Å²) in [5, 5.41) is 1.18. The molecule has 4 nitrogen and oxygen atoms in total. The SMILES string of the molecule is Nc1nc(Cl)cc(N2CC3CC2CS3)n1. The van der Waals surface area contributed by atoms with Crippen molar-refractivity contribution >= 4 is 35.1 Å². The Kier molecular flexibility index (Phi) is 2.17. The molecule has 80 valence electrons. The summed E-state index contributed by atoms with van der Waals surface area (Å²) in [7, 11) is 0. The molecule has 0 saturated carbocycles. The van der Waals surface area contributed by atoms with Crippen molar-refractivity contribution in [2.75, 3.05) is 22.9 Å². The molecule has 0 amide bonds. The summed E-state index contributed by atoms with van der Waals surface area (Å²) < 4.78 is 0. The minimum Gasteiger partial charge on any atom is -0.368 e. The van der Waals surface area contributed by atoms with E-state index in [0.29, 0.717) is 11.2 Å². The van der Waals surface area contributed by atoms with Crippen molar-refractivity contribution in [3.05, 3.63) is 11.2 Å². The molecule has 6 heteroatoms. The number of fused-ring (bicyclic) bond motifs is 2. The van der Waals surface area contributed by atoms with Crippen LogP contribution in [0, 0.1) is 0 Å². The molecule has 2 unspecified atom stereocenters. The molecule has 2 bridgehead atoms. The van der Waals surface area contributed by atoms with Gasteiger partial charge in [-0.3, -0.25) is 0 Å². The van der Waals surface area contributed by atoms with E-state index in [9.17, 15) is 0 Å². The maximum Gasteiger partial charge on any atom is 0.223 e. The molecule has 1 aromatic heterocycles. The lowest BCUT2D eigenvalue weighted by molar-refractivity contribution is 0.751. The minimum atomic E-state index is 0.257. The van der Waals surface area contributed by atoms with Gasteiger partial charge in [0.25, 0.3) is 0 Å². The van der Waals surface area contributed by atoms with Crippen LogP contribution in [-0.2, 0) is 0 Å². The van der Waals surface area contributed by atoms with Crippen molar-refractivity contribution in [3.8, 4) is 0 Å². The van der Waals surface area contributed by atoms with Gasteiger partial charge >= 0.3 is 0 Å². The maximum absolute atomic E-state index is 5.87. The van der Waals surface area contributed by atoms with Gasteiger partial charge < -0.3 is 10.6 Å². The standard InChI is InChI=1S/C9H11ClN4S/c10-7-2-8(13-9(11)12-7)14-3-6-1-5(14)4-15-6/h2,5-6H,1,3-4H2,(H2,11,12,13). The highest BCUT2D eigenvalue weighted by Gasteiger charge is 2.39. The van der Waals surface area contributed by atoms with E-state index in [1.807, 2.05) is 11.8 Å². The van der Waals surface area contributed by atoms with Crippen molar-refractivity contribution in [2.45, 2.75) is 17.7 Å². The monoisotopic (exact) mass is 242 g/mol. The van der Waals surface area contributed by atoms with Crippen LogP contribution >= 0.6 is 23.4 Å². The largest absolute Gasteiger partial charge is 0.368 e. The Hall–Kier alpha value is -0.680. The van der Waals surface area contributed by atoms with Crippen LogP contribution in [0.4, 0.5) is 11.8 Å². The van der Waals surface area contributed by atoms with Crippen LogP contribution in [0.3, 0.4) is 0 Å². The lowest BCUT2D eigenvalue weighted by atomic mass is 10.2. The van der Waals surface area contributed by atoms with Crippen LogP contribution in [0.2, 0.25) is 5.15 Å². The Balaban J connectivity index is 1.93. The zero-order valence-electron chi connectivity index (χ0n) is 8.06. The molecule has 15 heavy (non-hydrogen) atoms. The van der Waals surface area contributed by atoms with Crippen molar-refractivity contribution in [1.82, 2.24) is 9.97 Å². The second kappa shape index (κ2) is 3.42. The molecule has 2 aliphatic heterocycles. The third-order valence-corrected chi connectivity index (χ3v) is 4.48. The summed E-state index contributed by atoms with van der Waals surface area (Å²) >= 11 is 7.92. The molecule has 2 aliphatic rings. The lowest BCUT2D eigenvalue weighted by Crippen LogP contribution is -2.34. The summed E-state index contributed by atoms with van der Waals surface area (Å²) in [5.41, 5.74) is 5.59. The second-order valence-corrected chi connectivity index (χ2v) is 5.62. The van der Waals surface area contributed by atoms with Gasteiger partial charge in [-0.05, 0) is 6.42 Å². The molecule has 3 heterocycles. The molecule has 0 aromatic carbocycles. The highest BCUT2D eigenvalue weighted by Crippen LogP contribution is 2.39. The van der Waals surface area contributed by atoms with Crippen LogP contribution in [0.5, 0.6) is 0 Å². The van der Waals surface area contributed by atoms with E-state index in [1.165, 1.54) is 12.2 Å². The summed E-state index contributed by atoms with van der Waals surface area (Å²) in [6, 6.07) is 2.40. The Morgan fingerprint density at radius 3 is 3.00 bits per heavy atom. The molecule has 3 rings (SSSR count). The number of hydrogen-bond acceptors (Lipinski definition) is 5. The summed E-state index contributed by atoms with van der Waals surface area (Å²) in [6.07, 6.45) is 1.26. The minimum absolute atomic E-state index is 0.257. The maximum atomic E-state index is 5.87. The molecule has 0 radical (unpaired) electrons. The first-order chi connectivity index (χ1) is 7.22. The van der Waals surface area contributed by atoms with Gasteiger partial charge in [-0.1, -0.05) is 11.6 Å². The molecule has 2 saturated heterocycles. The van der Waals surface area contributed by atoms with Crippen LogP contribution in [0.15, 0.2) is 6.07 Å². The van der Waals surface area contributed by atoms with Crippen LogP contribution in [0.1, 0.15) is 6.42 Å². The number of hydrogen-bond donors (Lipinski definition) is 1. The molecule has 2 N–H and O–H groups in total. The third kappa shape index (κ3) is 1.63. The Bertz CT molecular complexity index is 379. The van der Waals surface area contributed by atoms with Gasteiger partial charge in [0, 0.05) is 29.7 Å². The van der Waals surface area contributed by atoms with Gasteiger partial charge in [-0.25, -0.2) is 4.98 Å². The zero-order valence-corrected chi connectivity index (χ0v) is 9.63. The van der Waals surface area contributed by atoms with Crippen LogP contribution in [0.25, 0.3) is 0 Å². The molecular formula is C9H11ClN4S. The zero-order chi connectivity index (χ0) is 10.4. The van der Waals surface area contributed by atoms with Gasteiger partial charge in [0.15, 0.2) is 0 Å². The number of aromatic nitrogens is 2. The summed E-state index contributed by atoms with van der Waals surface area (Å²) in [4.78, 5) is 10.4. The molecule has 2 fully saturated rings. The summed E-state index contributed by atoms with van der Waals surface area (Å²) in [5.74, 6) is 2.32. The quantitative estimate of drug-likeness (QED) is 0.755. The van der Waals surface area contributed by atoms with Gasteiger partial charge in [0.05, 0.1) is 0 Å². The van der Waals surface area contributed by atoms with E-state index in [2.05, 4.69) is 14.9 Å². The molecule has 1 aromatic rings. The molecule has 0 spiro atoms. The first-order valence-electron chi connectivity index (χ1n) is 4.90. The third-order valence-electron chi connectivity index (χ3n) is 2.89. The highest BCUT2D eigenvalue weighted by atomic mass is 35.5. The predicted octanol–water partition coefficient (Wildman–Crippen LogP) is 1.41. The van der Waals surface area contributed by atoms with Crippen molar-refractivity contribution in [3.63, 3.8) is 0 Å². The molecule has 0 aliphatic carbocycles. The number of nitrogen functional groups attached to an aromatic ring is 1. The van der Waals surface area contributed by atoms with Crippen LogP contribution < -0.4 is 10.6 Å². The average molecular weight is 243 g/mol. The lowest BCUT2D eigenvalue weighted by Gasteiger charge is -2.27. The first kappa shape index (κ1) is 9.54. The predicted molar refractivity (Wildman–Crippen MR) is 63.5 cm³/mol. The topological polar surface area (TPSA) is 55.0 Å². The van der Waals surface area contributed by atoms with Gasteiger partial charge in [-0.2, -0.15) is 16.7 Å². The van der Waals surface area contributed by atoms with Crippen molar-refractivity contribution < 1.29 is 0 Å². The smallest absolute Gasteiger partial charge is 0.223 e. The fourth-order valence-corrected chi connectivity index (χ4v) is 3.87. The van der Waals surface area contributed by atoms with Gasteiger partial charge in [0.1, 0.15) is 11.0 Å². The van der Waals surface area contributed by atoms with Gasteiger partial charge in [-0.15, -0.1) is 0 Å². The number of rotatable bonds is 1. The second-order valence-electron chi connectivity index (χ2n) is 3.90. The van der Waals surface area contributed by atoms with E-state index in [-0.39, 0.29) is 5.95 Å². The fraction of sp³-hybridized carbons (Fsp3) is 0.556. The average Bonchev–Trinajstić information content (AvgIpc) is 2.76. The number of nitrogens with two attached hydrogens (primary N) is 1. The molecule has 2 atom stereocenters. The number of nitrogens with zero attached hydrogens (tertiary/aromatic N) is 3. The highest BCUT2D eigenvalue weighted by molar-refractivity contribution is 8.00. The Morgan fingerprint density at radius 2 is 2.40 bits per heavy atom. The summed E-state index contributed by atoms with van der Waals surface area (Å²) in [6.45, 7) is 1.06. The first-order valence-corrected chi connectivity index (χ1v) is 6.33. The number of thioether (sulfide) groups is 1. The van der Waals surface area contributed by atoms with Crippen molar-refractivity contribution in [1.29, 1.82) is 0 Å².